The van der Waals surface area contributed by atoms with Crippen molar-refractivity contribution in [3.8, 4) is 0 Å². The number of thiazole rings is 1. The Balaban J connectivity index is 1.44. The molecule has 1 aliphatic rings. The molecule has 0 saturated heterocycles. The number of carbonyl (C=O) groups excluding carboxylic acids is 2. The highest BCUT2D eigenvalue weighted by Gasteiger charge is 2.30. The summed E-state index contributed by atoms with van der Waals surface area (Å²) in [5, 5.41) is 6.99. The molecular formula is C23H22ClN3O2S. The van der Waals surface area contributed by atoms with Gasteiger partial charge in [0.15, 0.2) is 5.13 Å². The third-order valence-electron chi connectivity index (χ3n) is 5.18. The fraction of sp³-hybridized carbons (Fsp3) is 0.261. The van der Waals surface area contributed by atoms with Gasteiger partial charge >= 0.3 is 0 Å². The van der Waals surface area contributed by atoms with Crippen LogP contribution >= 0.6 is 22.9 Å². The van der Waals surface area contributed by atoms with Crippen molar-refractivity contribution in [2.24, 2.45) is 0 Å². The van der Waals surface area contributed by atoms with E-state index in [2.05, 4.69) is 15.6 Å². The SMILES string of the molecule is Cc1ccc(CNC(=O)C2CCCc3sc(NC(=O)c4ccc(Cl)cc4)nc32)cc1. The normalized spacial score (nSPS) is 15.3. The quantitative estimate of drug-likeness (QED) is 0.581. The van der Waals surface area contributed by atoms with E-state index < -0.39 is 0 Å². The number of nitrogens with zero attached hydrogens (tertiary/aromatic N) is 1. The van der Waals surface area contributed by atoms with Crippen LogP contribution < -0.4 is 10.6 Å². The summed E-state index contributed by atoms with van der Waals surface area (Å²) in [5.41, 5.74) is 3.57. The second-order valence-corrected chi connectivity index (χ2v) is 8.96. The van der Waals surface area contributed by atoms with Crippen LogP contribution in [0.3, 0.4) is 0 Å². The molecule has 30 heavy (non-hydrogen) atoms. The molecule has 1 aromatic heterocycles. The molecule has 1 heterocycles. The van der Waals surface area contributed by atoms with Crippen molar-refractivity contribution in [3.63, 3.8) is 0 Å². The van der Waals surface area contributed by atoms with Gasteiger partial charge in [-0.1, -0.05) is 41.4 Å². The Morgan fingerprint density at radius 3 is 2.60 bits per heavy atom. The molecule has 0 saturated carbocycles. The molecular weight excluding hydrogens is 418 g/mol. The van der Waals surface area contributed by atoms with Crippen molar-refractivity contribution in [2.45, 2.75) is 38.6 Å². The zero-order chi connectivity index (χ0) is 21.1. The highest BCUT2D eigenvalue weighted by Crippen LogP contribution is 2.37. The largest absolute Gasteiger partial charge is 0.351 e. The van der Waals surface area contributed by atoms with Crippen molar-refractivity contribution in [1.29, 1.82) is 0 Å². The summed E-state index contributed by atoms with van der Waals surface area (Å²) in [6.07, 6.45) is 2.58. The lowest BCUT2D eigenvalue weighted by molar-refractivity contribution is -0.123. The molecule has 2 N–H and O–H groups in total. The zero-order valence-corrected chi connectivity index (χ0v) is 18.1. The molecule has 1 atom stereocenters. The lowest BCUT2D eigenvalue weighted by Crippen LogP contribution is -2.31. The van der Waals surface area contributed by atoms with Crippen molar-refractivity contribution in [1.82, 2.24) is 10.3 Å². The van der Waals surface area contributed by atoms with Gasteiger partial charge in [0, 0.05) is 22.0 Å². The van der Waals surface area contributed by atoms with Crippen molar-refractivity contribution < 1.29 is 9.59 Å². The van der Waals surface area contributed by atoms with Crippen LogP contribution in [0.1, 0.15) is 50.8 Å². The van der Waals surface area contributed by atoms with Crippen LogP contribution in [0.25, 0.3) is 0 Å². The van der Waals surface area contributed by atoms with Gasteiger partial charge < -0.3 is 5.32 Å². The molecule has 4 rings (SSSR count). The first-order valence-electron chi connectivity index (χ1n) is 9.89. The number of amides is 2. The van der Waals surface area contributed by atoms with Crippen LogP contribution in [0.4, 0.5) is 5.13 Å². The predicted octanol–water partition coefficient (Wildman–Crippen LogP) is 5.09. The molecule has 0 fully saturated rings. The van der Waals surface area contributed by atoms with E-state index in [1.807, 2.05) is 31.2 Å². The number of aromatic nitrogens is 1. The summed E-state index contributed by atoms with van der Waals surface area (Å²) >= 11 is 7.33. The van der Waals surface area contributed by atoms with Crippen LogP contribution in [0, 0.1) is 6.92 Å². The van der Waals surface area contributed by atoms with E-state index in [1.54, 1.807) is 24.3 Å². The van der Waals surface area contributed by atoms with E-state index >= 15 is 0 Å². The van der Waals surface area contributed by atoms with E-state index in [4.69, 9.17) is 11.6 Å². The van der Waals surface area contributed by atoms with E-state index in [0.29, 0.717) is 22.3 Å². The van der Waals surface area contributed by atoms with Crippen LogP contribution in [-0.4, -0.2) is 16.8 Å². The van der Waals surface area contributed by atoms with E-state index in [1.165, 1.54) is 16.9 Å². The molecule has 3 aromatic rings. The van der Waals surface area contributed by atoms with Gasteiger partial charge in [0.05, 0.1) is 11.6 Å². The van der Waals surface area contributed by atoms with Crippen LogP contribution in [0.2, 0.25) is 5.02 Å². The van der Waals surface area contributed by atoms with Gasteiger partial charge in [-0.05, 0) is 56.0 Å². The summed E-state index contributed by atoms with van der Waals surface area (Å²) < 4.78 is 0. The number of benzene rings is 2. The van der Waals surface area contributed by atoms with Gasteiger partial charge in [-0.3, -0.25) is 14.9 Å². The Labute approximate surface area is 184 Å². The predicted molar refractivity (Wildman–Crippen MR) is 120 cm³/mol. The van der Waals surface area contributed by atoms with Gasteiger partial charge in [-0.25, -0.2) is 4.98 Å². The topological polar surface area (TPSA) is 71.1 Å². The third-order valence-corrected chi connectivity index (χ3v) is 6.48. The number of anilines is 1. The molecule has 0 bridgehead atoms. The number of hydrogen-bond acceptors (Lipinski definition) is 4. The monoisotopic (exact) mass is 439 g/mol. The molecule has 5 nitrogen and oxygen atoms in total. The van der Waals surface area contributed by atoms with Gasteiger partial charge in [-0.15, -0.1) is 11.3 Å². The van der Waals surface area contributed by atoms with Crippen molar-refractivity contribution >= 4 is 39.9 Å². The van der Waals surface area contributed by atoms with Gasteiger partial charge in [0.1, 0.15) is 0 Å². The average Bonchev–Trinajstić information content (AvgIpc) is 3.16. The standard InChI is InChI=1S/C23H22ClN3O2S/c1-14-5-7-15(8-6-14)13-25-22(29)18-3-2-4-19-20(18)26-23(30-19)27-21(28)16-9-11-17(24)12-10-16/h5-12,18H,2-4,13H2,1H3,(H,25,29)(H,26,27,28). The molecule has 0 radical (unpaired) electrons. The maximum absolute atomic E-state index is 12.8. The highest BCUT2D eigenvalue weighted by atomic mass is 35.5. The molecule has 154 valence electrons. The van der Waals surface area contributed by atoms with E-state index in [-0.39, 0.29) is 17.7 Å². The Morgan fingerprint density at radius 2 is 1.87 bits per heavy atom. The third kappa shape index (κ3) is 4.71. The fourth-order valence-corrected chi connectivity index (χ4v) is 4.70. The average molecular weight is 440 g/mol. The number of rotatable bonds is 5. The minimum atomic E-state index is -0.281. The minimum absolute atomic E-state index is 0.0163. The first-order chi connectivity index (χ1) is 14.5. The molecule has 2 amide bonds. The van der Waals surface area contributed by atoms with Crippen molar-refractivity contribution in [2.75, 3.05) is 5.32 Å². The van der Waals surface area contributed by atoms with E-state index in [0.717, 1.165) is 35.4 Å². The molecule has 0 aliphatic heterocycles. The molecule has 2 aromatic carbocycles. The lowest BCUT2D eigenvalue weighted by atomic mass is 9.90. The van der Waals surface area contributed by atoms with Gasteiger partial charge in [0.2, 0.25) is 5.91 Å². The Morgan fingerprint density at radius 1 is 1.13 bits per heavy atom. The molecule has 7 heteroatoms. The summed E-state index contributed by atoms with van der Waals surface area (Å²) in [4.78, 5) is 31.0. The maximum atomic E-state index is 12.8. The molecule has 1 unspecified atom stereocenters. The van der Waals surface area contributed by atoms with Crippen LogP contribution in [-0.2, 0) is 17.8 Å². The summed E-state index contributed by atoms with van der Waals surface area (Å²) in [6.45, 7) is 2.53. The number of fused-ring (bicyclic) bond motifs is 1. The number of aryl methyl sites for hydroxylation is 2. The maximum Gasteiger partial charge on any atom is 0.257 e. The first kappa shape index (κ1) is 20.6. The Kier molecular flexibility index (Phi) is 6.16. The Bertz CT molecular complexity index is 1060. The number of nitrogens with one attached hydrogen (secondary N) is 2. The van der Waals surface area contributed by atoms with Crippen molar-refractivity contribution in [3.05, 3.63) is 80.8 Å². The minimum Gasteiger partial charge on any atom is -0.351 e. The first-order valence-corrected chi connectivity index (χ1v) is 11.1. The smallest absolute Gasteiger partial charge is 0.257 e. The molecule has 1 aliphatic carbocycles. The second-order valence-electron chi connectivity index (χ2n) is 7.44. The summed E-state index contributed by atoms with van der Waals surface area (Å²) in [7, 11) is 0. The summed E-state index contributed by atoms with van der Waals surface area (Å²) in [5.74, 6) is -0.535. The van der Waals surface area contributed by atoms with Crippen LogP contribution in [0.5, 0.6) is 0 Å². The fourth-order valence-electron chi connectivity index (χ4n) is 3.52. The van der Waals surface area contributed by atoms with E-state index in [9.17, 15) is 9.59 Å². The second kappa shape index (κ2) is 8.98. The van der Waals surface area contributed by atoms with Gasteiger partial charge in [0.25, 0.3) is 5.91 Å². The number of halogens is 1. The summed E-state index contributed by atoms with van der Waals surface area (Å²) in [6, 6.07) is 14.8. The van der Waals surface area contributed by atoms with Crippen LogP contribution in [0.15, 0.2) is 48.5 Å². The highest BCUT2D eigenvalue weighted by molar-refractivity contribution is 7.16. The number of hydrogen-bond donors (Lipinski definition) is 2. The Hall–Kier alpha value is -2.70. The van der Waals surface area contributed by atoms with Gasteiger partial charge in [-0.2, -0.15) is 0 Å². The lowest BCUT2D eigenvalue weighted by Gasteiger charge is -2.20. The number of carbonyl (C=O) groups is 2. The molecule has 0 spiro atoms. The zero-order valence-electron chi connectivity index (χ0n) is 16.6.